The maximum absolute atomic E-state index is 12.6. The summed E-state index contributed by atoms with van der Waals surface area (Å²) in [6, 6.07) is 7.89. The molecule has 0 saturated heterocycles. The highest BCUT2D eigenvalue weighted by Crippen LogP contribution is 2.31. The number of benzene rings is 1. The fourth-order valence-electron chi connectivity index (χ4n) is 3.22. The number of carbonyl (C=O) groups excluding carboxylic acids is 1. The molecular weight excluding hydrogens is 411 g/mol. The van der Waals surface area contributed by atoms with Gasteiger partial charge in [-0.2, -0.15) is 13.2 Å². The van der Waals surface area contributed by atoms with E-state index < -0.39 is 11.9 Å². The molecule has 0 unspecified atom stereocenters. The molecule has 0 spiro atoms. The molecule has 0 atom stereocenters. The molecule has 31 heavy (non-hydrogen) atoms. The number of ether oxygens (including phenoxy) is 1. The summed E-state index contributed by atoms with van der Waals surface area (Å²) in [6.45, 7) is 0.298. The van der Waals surface area contributed by atoms with Crippen LogP contribution in [0.5, 0.6) is 5.75 Å². The van der Waals surface area contributed by atoms with Gasteiger partial charge in [-0.05, 0) is 42.7 Å². The Kier molecular flexibility index (Phi) is 7.17. The van der Waals surface area contributed by atoms with Crippen molar-refractivity contribution in [2.75, 3.05) is 19.0 Å². The number of rotatable bonds is 6. The molecule has 0 radical (unpaired) electrons. The average molecular weight is 435 g/mol. The van der Waals surface area contributed by atoms with Gasteiger partial charge in [-0.25, -0.2) is 0 Å². The zero-order valence-corrected chi connectivity index (χ0v) is 17.0. The third kappa shape index (κ3) is 5.55. The molecular formula is C22H24F3N3O3. The Labute approximate surface area is 177 Å². The van der Waals surface area contributed by atoms with Gasteiger partial charge in [-0.15, -0.1) is 0 Å². The number of hydrogen-bond acceptors (Lipinski definition) is 4. The monoisotopic (exact) mass is 435 g/mol. The van der Waals surface area contributed by atoms with Crippen LogP contribution >= 0.6 is 0 Å². The van der Waals surface area contributed by atoms with E-state index in [1.54, 1.807) is 12.3 Å². The van der Waals surface area contributed by atoms with Crippen LogP contribution in [0.3, 0.4) is 0 Å². The molecule has 3 N–H and O–H groups in total. The molecule has 1 aliphatic carbocycles. The first-order chi connectivity index (χ1) is 14.9. The molecule has 6 nitrogen and oxygen atoms in total. The number of H-pyrrole nitrogens is 1. The number of carbonyl (C=O) groups is 1. The minimum absolute atomic E-state index is 0.0401. The molecule has 0 bridgehead atoms. The summed E-state index contributed by atoms with van der Waals surface area (Å²) in [6.07, 6.45) is 1.93. The Bertz CT molecular complexity index is 1010. The number of amides is 1. The van der Waals surface area contributed by atoms with E-state index >= 15 is 0 Å². The Balaban J connectivity index is 0.00000132. The first-order valence-electron chi connectivity index (χ1n) is 9.92. The van der Waals surface area contributed by atoms with Gasteiger partial charge in [0.05, 0.1) is 12.3 Å². The van der Waals surface area contributed by atoms with Crippen LogP contribution in [0.15, 0.2) is 42.7 Å². The van der Waals surface area contributed by atoms with Crippen molar-refractivity contribution in [1.82, 2.24) is 9.97 Å². The lowest BCUT2D eigenvalue weighted by Gasteiger charge is -2.23. The van der Waals surface area contributed by atoms with E-state index in [9.17, 15) is 18.0 Å². The number of hydrogen-bond donors (Lipinski definition) is 3. The Morgan fingerprint density at radius 2 is 2.03 bits per heavy atom. The topological polar surface area (TPSA) is 87.2 Å². The van der Waals surface area contributed by atoms with Gasteiger partial charge in [-0.1, -0.05) is 12.5 Å². The zero-order valence-electron chi connectivity index (χ0n) is 17.0. The molecule has 2 heterocycles. The van der Waals surface area contributed by atoms with Crippen molar-refractivity contribution in [2.24, 2.45) is 5.92 Å². The van der Waals surface area contributed by atoms with Gasteiger partial charge < -0.3 is 20.1 Å². The number of aliphatic hydroxyl groups is 1. The number of halogens is 3. The molecule has 4 rings (SSSR count). The van der Waals surface area contributed by atoms with E-state index in [1.807, 2.05) is 12.1 Å². The van der Waals surface area contributed by atoms with Crippen molar-refractivity contribution in [2.45, 2.75) is 31.9 Å². The summed E-state index contributed by atoms with van der Waals surface area (Å²) < 4.78 is 43.4. The number of aliphatic hydroxyl groups excluding tert-OH is 1. The van der Waals surface area contributed by atoms with Crippen LogP contribution in [0.25, 0.3) is 10.9 Å². The predicted octanol–water partition coefficient (Wildman–Crippen LogP) is 4.55. The smallest absolute Gasteiger partial charge is 0.433 e. The number of aromatic nitrogens is 2. The number of anilines is 1. The number of fused-ring (bicyclic) bond motifs is 1. The predicted molar refractivity (Wildman–Crippen MR) is 111 cm³/mol. The van der Waals surface area contributed by atoms with Gasteiger partial charge in [0, 0.05) is 42.7 Å². The summed E-state index contributed by atoms with van der Waals surface area (Å²) in [5.74, 6) is 0.756. The third-order valence-electron chi connectivity index (χ3n) is 5.16. The molecule has 166 valence electrons. The normalized spacial score (nSPS) is 13.8. The van der Waals surface area contributed by atoms with Crippen LogP contribution in [-0.4, -0.2) is 34.7 Å². The minimum atomic E-state index is -4.44. The minimum Gasteiger partial charge on any atom is -0.493 e. The molecule has 1 aromatic carbocycles. The van der Waals surface area contributed by atoms with Gasteiger partial charge >= 0.3 is 6.18 Å². The van der Waals surface area contributed by atoms with Crippen molar-refractivity contribution in [3.05, 3.63) is 54.0 Å². The molecule has 2 aromatic heterocycles. The van der Waals surface area contributed by atoms with E-state index in [0.717, 1.165) is 43.3 Å². The maximum Gasteiger partial charge on any atom is 0.433 e. The second-order valence-electron chi connectivity index (χ2n) is 7.17. The van der Waals surface area contributed by atoms with Gasteiger partial charge in [0.1, 0.15) is 11.4 Å². The van der Waals surface area contributed by atoms with Crippen LogP contribution in [0, 0.1) is 5.92 Å². The van der Waals surface area contributed by atoms with Crippen molar-refractivity contribution >= 4 is 22.5 Å². The molecule has 1 amide bonds. The Morgan fingerprint density at radius 3 is 2.65 bits per heavy atom. The van der Waals surface area contributed by atoms with Gasteiger partial charge in [-0.3, -0.25) is 9.78 Å². The van der Waals surface area contributed by atoms with E-state index in [2.05, 4.69) is 15.3 Å². The Hall–Kier alpha value is -3.07. The zero-order chi connectivity index (χ0) is 22.4. The number of aromatic amines is 1. The lowest BCUT2D eigenvalue weighted by atomic mass is 9.85. The second-order valence-corrected chi connectivity index (χ2v) is 7.17. The highest BCUT2D eigenvalue weighted by molar-refractivity contribution is 6.02. The average Bonchev–Trinajstić information content (AvgIpc) is 3.10. The van der Waals surface area contributed by atoms with Crippen molar-refractivity contribution < 1.29 is 27.8 Å². The number of nitrogens with zero attached hydrogens (tertiary/aromatic N) is 1. The van der Waals surface area contributed by atoms with Crippen molar-refractivity contribution in [3.63, 3.8) is 0 Å². The summed E-state index contributed by atoms with van der Waals surface area (Å²) in [5.41, 5.74) is 1.35. The van der Waals surface area contributed by atoms with Crippen molar-refractivity contribution in [1.29, 1.82) is 0 Å². The van der Waals surface area contributed by atoms with Crippen molar-refractivity contribution in [3.8, 4) is 5.75 Å². The van der Waals surface area contributed by atoms with Crippen LogP contribution in [0.1, 0.15) is 30.5 Å². The number of nitrogens with one attached hydrogen (secondary N) is 2. The highest BCUT2D eigenvalue weighted by atomic mass is 19.4. The summed E-state index contributed by atoms with van der Waals surface area (Å²) in [7, 11) is 1.00. The van der Waals surface area contributed by atoms with Crippen LogP contribution in [0.2, 0.25) is 0 Å². The van der Waals surface area contributed by atoms with E-state index in [-0.39, 0.29) is 11.8 Å². The maximum atomic E-state index is 12.6. The lowest BCUT2D eigenvalue weighted by molar-refractivity contribution is -0.141. The Morgan fingerprint density at radius 1 is 1.26 bits per heavy atom. The van der Waals surface area contributed by atoms with E-state index in [4.69, 9.17) is 9.84 Å². The third-order valence-corrected chi connectivity index (χ3v) is 5.16. The highest BCUT2D eigenvalue weighted by Gasteiger charge is 2.32. The molecule has 0 aliphatic heterocycles. The van der Waals surface area contributed by atoms with Crippen LogP contribution in [0.4, 0.5) is 18.9 Å². The first kappa shape index (κ1) is 22.6. The largest absolute Gasteiger partial charge is 0.493 e. The fraction of sp³-hybridized carbons (Fsp3) is 0.364. The van der Waals surface area contributed by atoms with Gasteiger partial charge in [0.25, 0.3) is 0 Å². The number of alkyl halides is 3. The van der Waals surface area contributed by atoms with Gasteiger partial charge in [0.2, 0.25) is 5.91 Å². The standard InChI is InChI=1S/C21H20F3N3O2.CH4O/c22-21(23,24)19-7-4-13(11-26-19)8-9-29-15-5-6-17-16(10-15)18(12-25-17)27-20(28)14-2-1-3-14;1-2/h4-7,10-12,14,25H,1-3,8-9H2,(H,27,28);2H,1H3. The molecule has 1 aliphatic rings. The molecule has 9 heteroatoms. The summed E-state index contributed by atoms with van der Waals surface area (Å²) >= 11 is 0. The lowest BCUT2D eigenvalue weighted by Crippen LogP contribution is -2.27. The molecule has 1 saturated carbocycles. The number of pyridine rings is 1. The van der Waals surface area contributed by atoms with E-state index in [0.29, 0.717) is 30.0 Å². The first-order valence-corrected chi connectivity index (χ1v) is 9.92. The summed E-state index contributed by atoms with van der Waals surface area (Å²) in [5, 5.41) is 10.8. The SMILES string of the molecule is CO.O=C(Nc1c[nH]c2ccc(OCCc3ccc(C(F)(F)F)nc3)cc12)C1CCC1. The van der Waals surface area contributed by atoms with Crippen LogP contribution in [-0.2, 0) is 17.4 Å². The van der Waals surface area contributed by atoms with Gasteiger partial charge in [0.15, 0.2) is 0 Å². The second kappa shape index (κ2) is 9.82. The van der Waals surface area contributed by atoms with E-state index in [1.165, 1.54) is 12.3 Å². The quantitative estimate of drug-likeness (QED) is 0.530. The fourth-order valence-corrected chi connectivity index (χ4v) is 3.22. The van der Waals surface area contributed by atoms with Crippen LogP contribution < -0.4 is 10.1 Å². The molecule has 3 aromatic rings. The molecule has 1 fully saturated rings. The summed E-state index contributed by atoms with van der Waals surface area (Å²) in [4.78, 5) is 18.8.